The van der Waals surface area contributed by atoms with Gasteiger partial charge in [-0.15, -0.1) is 0 Å². The first-order chi connectivity index (χ1) is 9.54. The first kappa shape index (κ1) is 13.4. The molecule has 0 radical (unpaired) electrons. The van der Waals surface area contributed by atoms with Crippen molar-refractivity contribution in [2.45, 2.75) is 0 Å². The summed E-state index contributed by atoms with van der Waals surface area (Å²) < 4.78 is 4.68. The van der Waals surface area contributed by atoms with Crippen LogP contribution >= 0.6 is 0 Å². The number of carbonyl (C=O) groups is 2. The fourth-order valence-corrected chi connectivity index (χ4v) is 1.92. The molecule has 6 nitrogen and oxygen atoms in total. The highest BCUT2D eigenvalue weighted by Crippen LogP contribution is 2.32. The number of ether oxygens (including phenoxy) is 1. The molecule has 0 aromatic heterocycles. The fourth-order valence-electron chi connectivity index (χ4n) is 1.92. The molecule has 0 saturated carbocycles. The molecule has 0 aliphatic rings. The molecule has 0 aliphatic heterocycles. The largest absolute Gasteiger partial charge is 0.478 e. The Hall–Kier alpha value is -3.02. The Kier molecular flexibility index (Phi) is 3.56. The highest BCUT2D eigenvalue weighted by molar-refractivity contribution is 6.01. The number of nitrogen functional groups attached to an aromatic ring is 2. The Morgan fingerprint density at radius 3 is 2.50 bits per heavy atom. The van der Waals surface area contributed by atoms with Gasteiger partial charge in [0.15, 0.2) is 5.75 Å². The van der Waals surface area contributed by atoms with Crippen LogP contribution in [0.1, 0.15) is 10.4 Å². The third-order valence-electron chi connectivity index (χ3n) is 2.81. The summed E-state index contributed by atoms with van der Waals surface area (Å²) in [5, 5.41) is 9.23. The normalized spacial score (nSPS) is 10.0. The predicted molar refractivity (Wildman–Crippen MR) is 74.4 cm³/mol. The lowest BCUT2D eigenvalue weighted by Crippen LogP contribution is -2.05. The van der Waals surface area contributed by atoms with Crippen LogP contribution in [0.5, 0.6) is 5.75 Å². The molecule has 2 aromatic rings. The molecule has 0 unspecified atom stereocenters. The van der Waals surface area contributed by atoms with Crippen LogP contribution in [0.2, 0.25) is 0 Å². The lowest BCUT2D eigenvalue weighted by molar-refractivity contribution is -0.120. The minimum atomic E-state index is -1.12. The van der Waals surface area contributed by atoms with Crippen molar-refractivity contribution in [1.82, 2.24) is 0 Å². The van der Waals surface area contributed by atoms with E-state index in [1.165, 1.54) is 18.2 Å². The summed E-state index contributed by atoms with van der Waals surface area (Å²) in [6.07, 6.45) is 0. The number of rotatable bonds is 4. The smallest absolute Gasteiger partial charge is 0.338 e. The number of carboxylic acid groups (broad SMARTS) is 1. The summed E-state index contributed by atoms with van der Waals surface area (Å²) in [7, 11) is 0. The molecular weight excluding hydrogens is 260 g/mol. The number of nitrogens with two attached hydrogens (primary N) is 2. The highest BCUT2D eigenvalue weighted by Gasteiger charge is 2.15. The molecule has 0 heterocycles. The van der Waals surface area contributed by atoms with Crippen molar-refractivity contribution in [2.24, 2.45) is 0 Å². The van der Waals surface area contributed by atoms with Gasteiger partial charge in [-0.05, 0) is 29.3 Å². The number of anilines is 2. The van der Waals surface area contributed by atoms with E-state index in [9.17, 15) is 14.7 Å². The van der Waals surface area contributed by atoms with Crippen LogP contribution in [0.15, 0.2) is 36.4 Å². The average Bonchev–Trinajstić information content (AvgIpc) is 2.40. The van der Waals surface area contributed by atoms with Crippen LogP contribution in [0, 0.1) is 0 Å². The molecule has 0 aliphatic carbocycles. The van der Waals surface area contributed by atoms with Crippen molar-refractivity contribution < 1.29 is 19.4 Å². The Balaban J connectivity index is 2.57. The monoisotopic (exact) mass is 272 g/mol. The standard InChI is InChI=1S/C14H12N2O4/c15-10-3-1-2-9(13(10)14(18)19)8-4-5-12(20-7-17)11(16)6-8/h1-7H,15-16H2,(H,18,19). The minimum Gasteiger partial charge on any atom is -0.478 e. The molecule has 102 valence electrons. The van der Waals surface area contributed by atoms with Crippen molar-refractivity contribution in [1.29, 1.82) is 0 Å². The van der Waals surface area contributed by atoms with Gasteiger partial charge in [0.05, 0.1) is 11.3 Å². The van der Waals surface area contributed by atoms with Crippen molar-refractivity contribution in [3.8, 4) is 16.9 Å². The van der Waals surface area contributed by atoms with Crippen molar-refractivity contribution in [3.63, 3.8) is 0 Å². The first-order valence-corrected chi connectivity index (χ1v) is 5.66. The van der Waals surface area contributed by atoms with E-state index in [2.05, 4.69) is 4.74 Å². The van der Waals surface area contributed by atoms with Gasteiger partial charge in [-0.3, -0.25) is 4.79 Å². The molecule has 0 bridgehead atoms. The van der Waals surface area contributed by atoms with Crippen LogP contribution in [0.3, 0.4) is 0 Å². The third kappa shape index (κ3) is 2.39. The maximum absolute atomic E-state index is 11.3. The lowest BCUT2D eigenvalue weighted by atomic mass is 9.98. The van der Waals surface area contributed by atoms with Crippen LogP contribution in [-0.4, -0.2) is 17.5 Å². The number of carbonyl (C=O) groups excluding carboxylic acids is 1. The van der Waals surface area contributed by atoms with Gasteiger partial charge in [-0.25, -0.2) is 4.79 Å². The van der Waals surface area contributed by atoms with Crippen LogP contribution in [-0.2, 0) is 4.79 Å². The second-order valence-electron chi connectivity index (χ2n) is 4.04. The number of hydrogen-bond acceptors (Lipinski definition) is 5. The molecule has 6 heteroatoms. The number of benzene rings is 2. The summed E-state index contributed by atoms with van der Waals surface area (Å²) in [6.45, 7) is 0.272. The molecule has 2 aromatic carbocycles. The summed E-state index contributed by atoms with van der Waals surface area (Å²) in [4.78, 5) is 21.6. The predicted octanol–water partition coefficient (Wildman–Crippen LogP) is 1.75. The van der Waals surface area contributed by atoms with E-state index in [0.717, 1.165) is 0 Å². The minimum absolute atomic E-state index is 0.0101. The van der Waals surface area contributed by atoms with Crippen LogP contribution in [0.4, 0.5) is 11.4 Å². The summed E-state index contributed by atoms with van der Waals surface area (Å²) in [5.41, 5.74) is 12.9. The van der Waals surface area contributed by atoms with Gasteiger partial charge in [-0.1, -0.05) is 18.2 Å². The second-order valence-corrected chi connectivity index (χ2v) is 4.04. The Labute approximate surface area is 114 Å². The summed E-state index contributed by atoms with van der Waals surface area (Å²) in [6, 6.07) is 9.43. The van der Waals surface area contributed by atoms with Crippen molar-refractivity contribution in [2.75, 3.05) is 11.5 Å². The molecule has 5 N–H and O–H groups in total. The Morgan fingerprint density at radius 2 is 1.90 bits per heavy atom. The van der Waals surface area contributed by atoms with Crippen molar-refractivity contribution >= 4 is 23.8 Å². The topological polar surface area (TPSA) is 116 Å². The van der Waals surface area contributed by atoms with E-state index < -0.39 is 5.97 Å². The summed E-state index contributed by atoms with van der Waals surface area (Å²) in [5.74, 6) is -0.908. The maximum atomic E-state index is 11.3. The molecule has 2 rings (SSSR count). The highest BCUT2D eigenvalue weighted by atomic mass is 16.5. The molecule has 20 heavy (non-hydrogen) atoms. The first-order valence-electron chi connectivity index (χ1n) is 5.66. The van der Waals surface area contributed by atoms with E-state index in [1.54, 1.807) is 18.2 Å². The van der Waals surface area contributed by atoms with Gasteiger partial charge in [0.25, 0.3) is 6.47 Å². The second kappa shape index (κ2) is 5.31. The zero-order valence-corrected chi connectivity index (χ0v) is 10.4. The lowest BCUT2D eigenvalue weighted by Gasteiger charge is -2.10. The zero-order valence-electron chi connectivity index (χ0n) is 10.4. The van der Waals surface area contributed by atoms with Gasteiger partial charge < -0.3 is 21.3 Å². The third-order valence-corrected chi connectivity index (χ3v) is 2.81. The average molecular weight is 272 g/mol. The number of aromatic carboxylic acids is 1. The fraction of sp³-hybridized carbons (Fsp3) is 0. The zero-order chi connectivity index (χ0) is 14.7. The maximum Gasteiger partial charge on any atom is 0.338 e. The van der Waals surface area contributed by atoms with E-state index in [4.69, 9.17) is 11.5 Å². The molecule has 0 spiro atoms. The van der Waals surface area contributed by atoms with E-state index in [-0.39, 0.29) is 29.2 Å². The quantitative estimate of drug-likeness (QED) is 0.576. The van der Waals surface area contributed by atoms with Gasteiger partial charge in [-0.2, -0.15) is 0 Å². The van der Waals surface area contributed by atoms with Gasteiger partial charge >= 0.3 is 5.97 Å². The molecule has 0 saturated heterocycles. The summed E-state index contributed by atoms with van der Waals surface area (Å²) >= 11 is 0. The molecule has 0 amide bonds. The Morgan fingerprint density at radius 1 is 1.15 bits per heavy atom. The van der Waals surface area contributed by atoms with E-state index >= 15 is 0 Å². The molecule has 0 atom stereocenters. The SMILES string of the molecule is Nc1cc(-c2cccc(N)c2C(=O)O)ccc1OC=O. The Bertz CT molecular complexity index is 683. The van der Waals surface area contributed by atoms with Crippen molar-refractivity contribution in [3.05, 3.63) is 42.0 Å². The van der Waals surface area contributed by atoms with Gasteiger partial charge in [0.2, 0.25) is 0 Å². The van der Waals surface area contributed by atoms with E-state index in [0.29, 0.717) is 11.1 Å². The van der Waals surface area contributed by atoms with Gasteiger partial charge in [0, 0.05) is 5.69 Å². The number of carboxylic acids is 1. The molecular formula is C14H12N2O4. The van der Waals surface area contributed by atoms with E-state index in [1.807, 2.05) is 0 Å². The van der Waals surface area contributed by atoms with Crippen LogP contribution < -0.4 is 16.2 Å². The number of hydrogen-bond donors (Lipinski definition) is 3. The van der Waals surface area contributed by atoms with Crippen LogP contribution in [0.25, 0.3) is 11.1 Å². The molecule has 0 fully saturated rings. The van der Waals surface area contributed by atoms with Gasteiger partial charge in [0.1, 0.15) is 0 Å².